The number of sulfone groups is 1. The fourth-order valence-corrected chi connectivity index (χ4v) is 5.85. The number of likely N-dealkylation sites (tertiary alicyclic amines) is 1. The smallest absolute Gasteiger partial charge is 0.416 e. The Morgan fingerprint density at radius 1 is 1.12 bits per heavy atom. The van der Waals surface area contributed by atoms with Crippen LogP contribution < -0.4 is 5.32 Å². The van der Waals surface area contributed by atoms with Gasteiger partial charge in [0.05, 0.1) is 16.2 Å². The van der Waals surface area contributed by atoms with E-state index < -0.39 is 39.2 Å². The molecule has 3 rings (SSSR count). The first-order valence-corrected chi connectivity index (χ1v) is 15.1. The molecule has 0 aromatic heterocycles. The Morgan fingerprint density at radius 2 is 1.80 bits per heavy atom. The Labute approximate surface area is 243 Å². The van der Waals surface area contributed by atoms with Crippen LogP contribution in [0.15, 0.2) is 41.3 Å². The molecule has 2 amide bonds. The van der Waals surface area contributed by atoms with E-state index in [4.69, 9.17) is 16.3 Å². The lowest BCUT2D eigenvalue weighted by atomic mass is 10.0. The molecule has 8 nitrogen and oxygen atoms in total. The van der Waals surface area contributed by atoms with Crippen molar-refractivity contribution in [2.24, 2.45) is 0 Å². The third-order valence-electron chi connectivity index (χ3n) is 6.73. The number of benzene rings is 2. The van der Waals surface area contributed by atoms with E-state index in [9.17, 15) is 31.2 Å². The molecule has 1 aliphatic heterocycles. The Bertz CT molecular complexity index is 1390. The maximum atomic E-state index is 14.1. The summed E-state index contributed by atoms with van der Waals surface area (Å²) in [6.45, 7) is 7.36. The zero-order valence-corrected chi connectivity index (χ0v) is 25.2. The number of halogens is 4. The standard InChI is InChI=1S/C28H35ClF3N3O5S/c1-6-41(38,39)24-10-9-21(29)13-20(24)15-33-25(36)18-7-8-19(23(14-18)28(30,31)32)16-35-12-11-22(17-35)34(5)26(37)40-27(2,3)4/h7-10,13-14,22H,6,11-12,15-17H2,1-5H3,(H,33,36)/t22-/m1/s1. The second-order valence-corrected chi connectivity index (χ2v) is 13.7. The molecule has 1 aliphatic rings. The van der Waals surface area contributed by atoms with Crippen LogP contribution >= 0.6 is 11.6 Å². The van der Waals surface area contributed by atoms with Gasteiger partial charge in [-0.05, 0) is 68.7 Å². The summed E-state index contributed by atoms with van der Waals surface area (Å²) in [6.07, 6.45) is -4.63. The van der Waals surface area contributed by atoms with E-state index in [1.54, 1.807) is 27.8 Å². The molecule has 1 atom stereocenters. The van der Waals surface area contributed by atoms with Crippen molar-refractivity contribution in [3.05, 3.63) is 63.7 Å². The number of carbonyl (C=O) groups excluding carboxylic acids is 2. The number of rotatable bonds is 8. The maximum Gasteiger partial charge on any atom is 0.416 e. The summed E-state index contributed by atoms with van der Waals surface area (Å²) in [6, 6.07) is 7.33. The Kier molecular flexibility index (Phi) is 10.0. The minimum absolute atomic E-state index is 0.000729. The molecule has 13 heteroatoms. The number of amides is 2. The summed E-state index contributed by atoms with van der Waals surface area (Å²) in [7, 11) is -2.00. The van der Waals surface area contributed by atoms with Crippen LogP contribution in [-0.4, -0.2) is 67.8 Å². The van der Waals surface area contributed by atoms with Crippen molar-refractivity contribution in [2.45, 2.75) is 69.9 Å². The van der Waals surface area contributed by atoms with Crippen molar-refractivity contribution in [1.82, 2.24) is 15.1 Å². The first kappa shape index (κ1) is 32.7. The lowest BCUT2D eigenvalue weighted by Gasteiger charge is -2.28. The first-order chi connectivity index (χ1) is 18.9. The Hall–Kier alpha value is -2.83. The third-order valence-corrected chi connectivity index (χ3v) is 8.79. The second-order valence-electron chi connectivity index (χ2n) is 11.0. The number of nitrogens with zero attached hydrogens (tertiary/aromatic N) is 2. The molecule has 2 aromatic rings. The van der Waals surface area contributed by atoms with Gasteiger partial charge in [-0.25, -0.2) is 13.2 Å². The monoisotopic (exact) mass is 617 g/mol. The number of carbonyl (C=O) groups is 2. The fourth-order valence-electron chi connectivity index (χ4n) is 4.54. The number of ether oxygens (including phenoxy) is 1. The average Bonchev–Trinajstić information content (AvgIpc) is 3.33. The molecule has 0 saturated carbocycles. The van der Waals surface area contributed by atoms with Crippen molar-refractivity contribution in [1.29, 1.82) is 0 Å². The van der Waals surface area contributed by atoms with Crippen molar-refractivity contribution in [3.63, 3.8) is 0 Å². The molecule has 1 saturated heterocycles. The molecule has 1 heterocycles. The van der Waals surface area contributed by atoms with E-state index >= 15 is 0 Å². The SMILES string of the molecule is CCS(=O)(=O)c1ccc(Cl)cc1CNC(=O)c1ccc(CN2CC[C@@H](N(C)C(=O)OC(C)(C)C)C2)c(C(F)(F)F)c1. The molecule has 0 unspecified atom stereocenters. The second kappa shape index (κ2) is 12.6. The molecular weight excluding hydrogens is 583 g/mol. The van der Waals surface area contributed by atoms with Gasteiger partial charge < -0.3 is 15.0 Å². The molecule has 0 spiro atoms. The highest BCUT2D eigenvalue weighted by molar-refractivity contribution is 7.91. The fraction of sp³-hybridized carbons (Fsp3) is 0.500. The number of hydrogen-bond acceptors (Lipinski definition) is 6. The van der Waals surface area contributed by atoms with E-state index in [1.165, 1.54) is 42.2 Å². The summed E-state index contributed by atoms with van der Waals surface area (Å²) in [5, 5.41) is 2.76. The van der Waals surface area contributed by atoms with E-state index in [0.717, 1.165) is 6.07 Å². The minimum Gasteiger partial charge on any atom is -0.444 e. The number of nitrogens with one attached hydrogen (secondary N) is 1. The van der Waals surface area contributed by atoms with Crippen LogP contribution in [0.2, 0.25) is 5.02 Å². The molecule has 0 radical (unpaired) electrons. The van der Waals surface area contributed by atoms with Crippen LogP contribution in [0.25, 0.3) is 0 Å². The zero-order valence-electron chi connectivity index (χ0n) is 23.6. The van der Waals surface area contributed by atoms with Gasteiger partial charge in [-0.15, -0.1) is 0 Å². The summed E-state index contributed by atoms with van der Waals surface area (Å²) < 4.78 is 72.4. The first-order valence-electron chi connectivity index (χ1n) is 13.1. The van der Waals surface area contributed by atoms with Crippen LogP contribution in [0.4, 0.5) is 18.0 Å². The van der Waals surface area contributed by atoms with Crippen LogP contribution in [0.3, 0.4) is 0 Å². The van der Waals surface area contributed by atoms with Crippen LogP contribution in [0.1, 0.15) is 61.2 Å². The van der Waals surface area contributed by atoms with Crippen molar-refractivity contribution >= 4 is 33.4 Å². The molecule has 226 valence electrons. The average molecular weight is 618 g/mol. The van der Waals surface area contributed by atoms with Crippen LogP contribution in [0, 0.1) is 0 Å². The quantitative estimate of drug-likeness (QED) is 0.419. The van der Waals surface area contributed by atoms with Gasteiger partial charge in [0.1, 0.15) is 5.60 Å². The van der Waals surface area contributed by atoms with Crippen LogP contribution in [-0.2, 0) is 33.8 Å². The van der Waals surface area contributed by atoms with Gasteiger partial charge in [-0.2, -0.15) is 13.2 Å². The highest BCUT2D eigenvalue weighted by atomic mass is 35.5. The largest absolute Gasteiger partial charge is 0.444 e. The highest BCUT2D eigenvalue weighted by Crippen LogP contribution is 2.34. The normalized spacial score (nSPS) is 16.5. The highest BCUT2D eigenvalue weighted by Gasteiger charge is 2.36. The van der Waals surface area contributed by atoms with Gasteiger partial charge in [0.2, 0.25) is 0 Å². The molecule has 1 N–H and O–H groups in total. The Balaban J connectivity index is 1.74. The number of hydrogen-bond donors (Lipinski definition) is 1. The van der Waals surface area contributed by atoms with Gasteiger partial charge in [-0.3, -0.25) is 9.69 Å². The van der Waals surface area contributed by atoms with E-state index in [0.29, 0.717) is 19.5 Å². The van der Waals surface area contributed by atoms with Gasteiger partial charge in [0, 0.05) is 49.9 Å². The zero-order chi connectivity index (χ0) is 30.8. The molecule has 1 fully saturated rings. The molecule has 0 bridgehead atoms. The lowest BCUT2D eigenvalue weighted by molar-refractivity contribution is -0.138. The molecule has 0 aliphatic carbocycles. The predicted octanol–water partition coefficient (Wildman–Crippen LogP) is 5.52. The molecular formula is C28H35ClF3N3O5S. The van der Waals surface area contributed by atoms with Gasteiger partial charge in [-0.1, -0.05) is 24.6 Å². The predicted molar refractivity (Wildman–Crippen MR) is 149 cm³/mol. The van der Waals surface area contributed by atoms with E-state index in [1.807, 2.05) is 4.90 Å². The number of alkyl halides is 3. The van der Waals surface area contributed by atoms with Gasteiger partial charge in [0.15, 0.2) is 9.84 Å². The van der Waals surface area contributed by atoms with Crippen molar-refractivity contribution < 1.29 is 35.9 Å². The number of likely N-dealkylation sites (N-methyl/N-ethyl adjacent to an activating group) is 1. The van der Waals surface area contributed by atoms with Gasteiger partial charge in [0.25, 0.3) is 5.91 Å². The lowest BCUT2D eigenvalue weighted by Crippen LogP contribution is -2.42. The molecule has 2 aromatic carbocycles. The van der Waals surface area contributed by atoms with E-state index in [2.05, 4.69) is 5.32 Å². The van der Waals surface area contributed by atoms with Gasteiger partial charge >= 0.3 is 12.3 Å². The van der Waals surface area contributed by atoms with Crippen molar-refractivity contribution in [3.8, 4) is 0 Å². The van der Waals surface area contributed by atoms with Crippen molar-refractivity contribution in [2.75, 3.05) is 25.9 Å². The summed E-state index contributed by atoms with van der Waals surface area (Å²) >= 11 is 6.01. The maximum absolute atomic E-state index is 14.1. The summed E-state index contributed by atoms with van der Waals surface area (Å²) in [4.78, 5) is 28.5. The third kappa shape index (κ3) is 8.59. The topological polar surface area (TPSA) is 96.0 Å². The minimum atomic E-state index is -4.71. The summed E-state index contributed by atoms with van der Waals surface area (Å²) in [5.41, 5.74) is -1.58. The summed E-state index contributed by atoms with van der Waals surface area (Å²) in [5.74, 6) is -0.955. The Morgan fingerprint density at radius 3 is 2.41 bits per heavy atom. The van der Waals surface area contributed by atoms with E-state index in [-0.39, 0.29) is 51.5 Å². The molecule has 41 heavy (non-hydrogen) atoms. The van der Waals surface area contributed by atoms with Crippen LogP contribution in [0.5, 0.6) is 0 Å².